The van der Waals surface area contributed by atoms with E-state index in [1.54, 1.807) is 48.5 Å². The summed E-state index contributed by atoms with van der Waals surface area (Å²) >= 11 is 12.0. The van der Waals surface area contributed by atoms with E-state index in [-0.39, 0.29) is 12.7 Å². The lowest BCUT2D eigenvalue weighted by Gasteiger charge is -2.08. The van der Waals surface area contributed by atoms with E-state index in [0.29, 0.717) is 39.5 Å². The number of rotatable bonds is 6. The van der Waals surface area contributed by atoms with Crippen molar-refractivity contribution in [2.45, 2.75) is 6.61 Å². The lowest BCUT2D eigenvalue weighted by atomic mass is 10.2. The first-order valence-electron chi connectivity index (χ1n) is 8.98. The molecule has 0 fully saturated rings. The van der Waals surface area contributed by atoms with Crippen LogP contribution in [0.5, 0.6) is 17.2 Å². The van der Waals surface area contributed by atoms with Crippen molar-refractivity contribution in [3.8, 4) is 17.2 Å². The SMILES string of the molecule is O=C(N/N=C/c1ccc2c(c1)OCO2)c1ccc(OCc2ccc(Cl)cc2Cl)cc1. The smallest absolute Gasteiger partial charge is 0.271 e. The van der Waals surface area contributed by atoms with E-state index >= 15 is 0 Å². The summed E-state index contributed by atoms with van der Waals surface area (Å²) in [5, 5.41) is 5.09. The zero-order valence-corrected chi connectivity index (χ0v) is 17.1. The summed E-state index contributed by atoms with van der Waals surface area (Å²) in [5.74, 6) is 1.62. The number of halogens is 2. The van der Waals surface area contributed by atoms with Gasteiger partial charge in [-0.3, -0.25) is 4.79 Å². The summed E-state index contributed by atoms with van der Waals surface area (Å²) in [6.45, 7) is 0.500. The molecular formula is C22H16Cl2N2O4. The first-order chi connectivity index (χ1) is 14.6. The maximum absolute atomic E-state index is 12.2. The number of ether oxygens (including phenoxy) is 3. The second kappa shape index (κ2) is 9.07. The zero-order chi connectivity index (χ0) is 20.9. The number of amides is 1. The predicted molar refractivity (Wildman–Crippen MR) is 115 cm³/mol. The quantitative estimate of drug-likeness (QED) is 0.427. The van der Waals surface area contributed by atoms with Crippen LogP contribution in [-0.4, -0.2) is 18.9 Å². The molecule has 1 N–H and O–H groups in total. The van der Waals surface area contributed by atoms with Gasteiger partial charge in [-0.25, -0.2) is 5.43 Å². The summed E-state index contributed by atoms with van der Waals surface area (Å²) < 4.78 is 16.3. The molecule has 0 bridgehead atoms. The van der Waals surface area contributed by atoms with Gasteiger partial charge in [-0.1, -0.05) is 29.3 Å². The van der Waals surface area contributed by atoms with Crippen LogP contribution in [0.1, 0.15) is 21.5 Å². The standard InChI is InChI=1S/C22H16Cl2N2O4/c23-17-5-2-16(19(24)10-17)12-28-18-6-3-15(4-7-18)22(27)26-25-11-14-1-8-20-21(9-14)30-13-29-20/h1-11H,12-13H2,(H,26,27)/b25-11+. The largest absolute Gasteiger partial charge is 0.489 e. The average molecular weight is 443 g/mol. The van der Waals surface area contributed by atoms with E-state index in [1.165, 1.54) is 6.21 Å². The minimum absolute atomic E-state index is 0.207. The maximum Gasteiger partial charge on any atom is 0.271 e. The van der Waals surface area contributed by atoms with Gasteiger partial charge in [0.1, 0.15) is 12.4 Å². The van der Waals surface area contributed by atoms with Crippen molar-refractivity contribution >= 4 is 35.3 Å². The fourth-order valence-electron chi connectivity index (χ4n) is 2.73. The van der Waals surface area contributed by atoms with Crippen molar-refractivity contribution in [1.82, 2.24) is 5.43 Å². The van der Waals surface area contributed by atoms with E-state index < -0.39 is 0 Å². The molecule has 0 aromatic heterocycles. The monoisotopic (exact) mass is 442 g/mol. The van der Waals surface area contributed by atoms with Crippen LogP contribution >= 0.6 is 23.2 Å². The van der Waals surface area contributed by atoms with Gasteiger partial charge < -0.3 is 14.2 Å². The first kappa shape index (κ1) is 20.1. The highest BCUT2D eigenvalue weighted by Crippen LogP contribution is 2.32. The summed E-state index contributed by atoms with van der Waals surface area (Å²) in [6, 6.07) is 17.4. The van der Waals surface area contributed by atoms with Gasteiger partial charge >= 0.3 is 0 Å². The second-order valence-electron chi connectivity index (χ2n) is 6.36. The van der Waals surface area contributed by atoms with Crippen LogP contribution in [0.25, 0.3) is 0 Å². The molecular weight excluding hydrogens is 427 g/mol. The molecule has 1 amide bonds. The summed E-state index contributed by atoms with van der Waals surface area (Å²) in [6.07, 6.45) is 1.53. The Labute approximate surface area is 183 Å². The van der Waals surface area contributed by atoms with E-state index in [4.69, 9.17) is 37.4 Å². The Balaban J connectivity index is 1.31. The van der Waals surface area contributed by atoms with Crippen molar-refractivity contribution in [1.29, 1.82) is 0 Å². The molecule has 0 spiro atoms. The lowest BCUT2D eigenvalue weighted by Crippen LogP contribution is -2.17. The predicted octanol–water partition coefficient (Wildman–Crippen LogP) is 5.07. The molecule has 3 aromatic rings. The third kappa shape index (κ3) is 4.84. The highest BCUT2D eigenvalue weighted by Gasteiger charge is 2.12. The average Bonchev–Trinajstić information content (AvgIpc) is 3.21. The molecule has 152 valence electrons. The molecule has 0 saturated carbocycles. The van der Waals surface area contributed by atoms with Crippen LogP contribution < -0.4 is 19.6 Å². The third-order valence-electron chi connectivity index (χ3n) is 4.30. The second-order valence-corrected chi connectivity index (χ2v) is 7.20. The van der Waals surface area contributed by atoms with Gasteiger partial charge in [0.05, 0.1) is 6.21 Å². The van der Waals surface area contributed by atoms with Crippen molar-refractivity contribution in [2.24, 2.45) is 5.10 Å². The van der Waals surface area contributed by atoms with Gasteiger partial charge in [-0.05, 0) is 60.2 Å². The van der Waals surface area contributed by atoms with Gasteiger partial charge in [0, 0.05) is 21.2 Å². The molecule has 0 aliphatic carbocycles. The first-order valence-corrected chi connectivity index (χ1v) is 9.74. The number of benzene rings is 3. The number of carbonyl (C=O) groups excluding carboxylic acids is 1. The number of fused-ring (bicyclic) bond motifs is 1. The van der Waals surface area contributed by atoms with Crippen molar-refractivity contribution in [3.05, 3.63) is 87.4 Å². The van der Waals surface area contributed by atoms with Crippen LogP contribution in [0.2, 0.25) is 10.0 Å². The number of hydrogen-bond acceptors (Lipinski definition) is 5. The highest BCUT2D eigenvalue weighted by atomic mass is 35.5. The highest BCUT2D eigenvalue weighted by molar-refractivity contribution is 6.35. The van der Waals surface area contributed by atoms with Crippen molar-refractivity contribution in [2.75, 3.05) is 6.79 Å². The van der Waals surface area contributed by atoms with Gasteiger partial charge in [-0.2, -0.15) is 5.10 Å². The Hall–Kier alpha value is -3.22. The summed E-state index contributed by atoms with van der Waals surface area (Å²) in [4.78, 5) is 12.2. The van der Waals surface area contributed by atoms with Gasteiger partial charge in [-0.15, -0.1) is 0 Å². The zero-order valence-electron chi connectivity index (χ0n) is 15.6. The van der Waals surface area contributed by atoms with Crippen LogP contribution in [-0.2, 0) is 6.61 Å². The molecule has 0 atom stereocenters. The molecule has 0 saturated heterocycles. The van der Waals surface area contributed by atoms with Gasteiger partial charge in [0.25, 0.3) is 5.91 Å². The third-order valence-corrected chi connectivity index (χ3v) is 4.89. The molecule has 3 aromatic carbocycles. The lowest BCUT2D eigenvalue weighted by molar-refractivity contribution is 0.0955. The van der Waals surface area contributed by atoms with E-state index in [1.807, 2.05) is 12.1 Å². The van der Waals surface area contributed by atoms with E-state index in [2.05, 4.69) is 10.5 Å². The molecule has 8 heteroatoms. The summed E-state index contributed by atoms with van der Waals surface area (Å²) in [5.41, 5.74) is 4.55. The number of nitrogens with one attached hydrogen (secondary N) is 1. The molecule has 4 rings (SSSR count). The molecule has 30 heavy (non-hydrogen) atoms. The Morgan fingerprint density at radius 2 is 1.83 bits per heavy atom. The fourth-order valence-corrected chi connectivity index (χ4v) is 3.19. The summed E-state index contributed by atoms with van der Waals surface area (Å²) in [7, 11) is 0. The number of hydrazone groups is 1. The van der Waals surface area contributed by atoms with Crippen molar-refractivity contribution in [3.63, 3.8) is 0 Å². The van der Waals surface area contributed by atoms with Crippen LogP contribution in [0.3, 0.4) is 0 Å². The van der Waals surface area contributed by atoms with Gasteiger partial charge in [0.2, 0.25) is 6.79 Å². The molecule has 1 aliphatic heterocycles. The van der Waals surface area contributed by atoms with Crippen molar-refractivity contribution < 1.29 is 19.0 Å². The molecule has 1 aliphatic rings. The Bertz CT molecular complexity index is 1100. The maximum atomic E-state index is 12.2. The number of hydrogen-bond donors (Lipinski definition) is 1. The minimum Gasteiger partial charge on any atom is -0.489 e. The number of nitrogens with zero attached hydrogens (tertiary/aromatic N) is 1. The normalized spacial score (nSPS) is 12.2. The molecule has 0 radical (unpaired) electrons. The molecule has 6 nitrogen and oxygen atoms in total. The Morgan fingerprint density at radius 3 is 2.63 bits per heavy atom. The topological polar surface area (TPSA) is 69.2 Å². The molecule has 0 unspecified atom stereocenters. The Morgan fingerprint density at radius 1 is 1.03 bits per heavy atom. The van der Waals surface area contributed by atoms with Crippen LogP contribution in [0.4, 0.5) is 0 Å². The van der Waals surface area contributed by atoms with E-state index in [0.717, 1.165) is 11.1 Å². The fraction of sp³-hybridized carbons (Fsp3) is 0.0909. The van der Waals surface area contributed by atoms with Crippen LogP contribution in [0.15, 0.2) is 65.8 Å². The Kier molecular flexibility index (Phi) is 6.07. The van der Waals surface area contributed by atoms with Crippen LogP contribution in [0, 0.1) is 0 Å². The van der Waals surface area contributed by atoms with E-state index in [9.17, 15) is 4.79 Å². The molecule has 1 heterocycles. The minimum atomic E-state index is -0.334. The number of carbonyl (C=O) groups is 1. The van der Waals surface area contributed by atoms with Gasteiger partial charge in [0.15, 0.2) is 11.5 Å².